The normalized spacial score (nSPS) is 20.7. The van der Waals surface area contributed by atoms with Crippen molar-refractivity contribution in [1.82, 2.24) is 10.2 Å². The van der Waals surface area contributed by atoms with Gasteiger partial charge in [-0.3, -0.25) is 0 Å². The van der Waals surface area contributed by atoms with E-state index in [2.05, 4.69) is 31.0 Å². The number of nitrogens with one attached hydrogen (secondary N) is 1. The van der Waals surface area contributed by atoms with Crippen molar-refractivity contribution in [3.05, 3.63) is 0 Å². The molecule has 0 aromatic rings. The molecule has 1 aliphatic rings. The lowest BCUT2D eigenvalue weighted by molar-refractivity contribution is 0.136. The predicted octanol–water partition coefficient (Wildman–Crippen LogP) is 2.78. The van der Waals surface area contributed by atoms with Crippen LogP contribution in [0.4, 0.5) is 0 Å². The van der Waals surface area contributed by atoms with Gasteiger partial charge < -0.3 is 15.3 Å². The SMILES string of the molecule is CCNC(C)(CO)CCCN(CC)C1CCCCC1. The fraction of sp³-hybridized carbons (Fsp3) is 1.00. The molecular formula is C16H34N2O. The van der Waals surface area contributed by atoms with Crippen LogP contribution >= 0.6 is 0 Å². The Labute approximate surface area is 119 Å². The predicted molar refractivity (Wildman–Crippen MR) is 82.5 cm³/mol. The van der Waals surface area contributed by atoms with Crippen LogP contribution in [-0.4, -0.2) is 47.8 Å². The monoisotopic (exact) mass is 270 g/mol. The van der Waals surface area contributed by atoms with Crippen LogP contribution in [0.3, 0.4) is 0 Å². The van der Waals surface area contributed by atoms with Gasteiger partial charge in [-0.25, -0.2) is 0 Å². The standard InChI is InChI=1S/C16H34N2O/c1-4-17-16(3,14-19)12-9-13-18(5-2)15-10-7-6-8-11-15/h15,17,19H,4-14H2,1-3H3. The van der Waals surface area contributed by atoms with Crippen molar-refractivity contribution in [3.63, 3.8) is 0 Å². The Balaban J connectivity index is 2.32. The smallest absolute Gasteiger partial charge is 0.0610 e. The molecular weight excluding hydrogens is 236 g/mol. The molecule has 114 valence electrons. The average Bonchev–Trinajstić information content (AvgIpc) is 2.45. The molecule has 0 spiro atoms. The lowest BCUT2D eigenvalue weighted by Crippen LogP contribution is -2.46. The molecule has 0 saturated heterocycles. The van der Waals surface area contributed by atoms with E-state index >= 15 is 0 Å². The molecule has 1 rings (SSSR count). The van der Waals surface area contributed by atoms with Crippen molar-refractivity contribution in [2.75, 3.05) is 26.2 Å². The molecule has 0 amide bonds. The Morgan fingerprint density at radius 1 is 1.21 bits per heavy atom. The van der Waals surface area contributed by atoms with Gasteiger partial charge >= 0.3 is 0 Å². The number of aliphatic hydroxyl groups excluding tert-OH is 1. The number of nitrogens with zero attached hydrogens (tertiary/aromatic N) is 1. The van der Waals surface area contributed by atoms with Crippen LogP contribution in [0.15, 0.2) is 0 Å². The molecule has 1 fully saturated rings. The molecule has 0 aliphatic heterocycles. The van der Waals surface area contributed by atoms with Crippen molar-refractivity contribution in [2.24, 2.45) is 0 Å². The molecule has 1 unspecified atom stereocenters. The van der Waals surface area contributed by atoms with E-state index in [9.17, 15) is 5.11 Å². The molecule has 0 aromatic carbocycles. The summed E-state index contributed by atoms with van der Waals surface area (Å²) in [4.78, 5) is 2.66. The van der Waals surface area contributed by atoms with E-state index in [1.165, 1.54) is 51.6 Å². The van der Waals surface area contributed by atoms with E-state index in [0.717, 1.165) is 19.0 Å². The first kappa shape index (κ1) is 16.9. The lowest BCUT2D eigenvalue weighted by atomic mass is 9.93. The second kappa shape index (κ2) is 8.93. The van der Waals surface area contributed by atoms with Gasteiger partial charge in [-0.1, -0.05) is 33.1 Å². The Morgan fingerprint density at radius 2 is 1.89 bits per heavy atom. The maximum atomic E-state index is 9.51. The minimum Gasteiger partial charge on any atom is -0.394 e. The molecule has 0 heterocycles. The molecule has 19 heavy (non-hydrogen) atoms. The molecule has 2 N–H and O–H groups in total. The highest BCUT2D eigenvalue weighted by Crippen LogP contribution is 2.23. The molecule has 1 aliphatic carbocycles. The Kier molecular flexibility index (Phi) is 7.96. The number of aliphatic hydroxyl groups is 1. The van der Waals surface area contributed by atoms with E-state index in [4.69, 9.17) is 0 Å². The van der Waals surface area contributed by atoms with Crippen LogP contribution in [0.25, 0.3) is 0 Å². The van der Waals surface area contributed by atoms with Crippen molar-refractivity contribution < 1.29 is 5.11 Å². The van der Waals surface area contributed by atoms with Crippen molar-refractivity contribution in [2.45, 2.75) is 77.3 Å². The maximum Gasteiger partial charge on any atom is 0.0610 e. The molecule has 3 heteroatoms. The minimum absolute atomic E-state index is 0.0965. The summed E-state index contributed by atoms with van der Waals surface area (Å²) in [6, 6.07) is 0.818. The van der Waals surface area contributed by atoms with Gasteiger partial charge in [0.1, 0.15) is 0 Å². The van der Waals surface area contributed by atoms with Crippen molar-refractivity contribution in [1.29, 1.82) is 0 Å². The first-order valence-electron chi connectivity index (χ1n) is 8.25. The molecule has 0 aromatic heterocycles. The highest BCUT2D eigenvalue weighted by molar-refractivity contribution is 4.83. The van der Waals surface area contributed by atoms with Crippen molar-refractivity contribution >= 4 is 0 Å². The number of hydrogen-bond donors (Lipinski definition) is 2. The van der Waals surface area contributed by atoms with E-state index in [-0.39, 0.29) is 12.1 Å². The van der Waals surface area contributed by atoms with Gasteiger partial charge in [0, 0.05) is 11.6 Å². The summed E-state index contributed by atoms with van der Waals surface area (Å²) in [5.41, 5.74) is -0.0965. The van der Waals surface area contributed by atoms with E-state index in [1.807, 2.05) is 0 Å². The van der Waals surface area contributed by atoms with Gasteiger partial charge in [0.2, 0.25) is 0 Å². The lowest BCUT2D eigenvalue weighted by Gasteiger charge is -2.35. The van der Waals surface area contributed by atoms with Crippen LogP contribution in [0.2, 0.25) is 0 Å². The van der Waals surface area contributed by atoms with Crippen LogP contribution in [-0.2, 0) is 0 Å². The summed E-state index contributed by atoms with van der Waals surface area (Å²) in [5, 5.41) is 12.9. The van der Waals surface area contributed by atoms with Gasteiger partial charge in [-0.05, 0) is 52.2 Å². The third kappa shape index (κ3) is 5.80. The second-order valence-corrected chi connectivity index (χ2v) is 6.27. The van der Waals surface area contributed by atoms with Gasteiger partial charge in [-0.2, -0.15) is 0 Å². The third-order valence-corrected chi connectivity index (χ3v) is 4.62. The summed E-state index contributed by atoms with van der Waals surface area (Å²) >= 11 is 0. The van der Waals surface area contributed by atoms with Crippen LogP contribution in [0.1, 0.15) is 65.7 Å². The molecule has 1 saturated carbocycles. The van der Waals surface area contributed by atoms with Gasteiger partial charge in [0.05, 0.1) is 6.61 Å². The van der Waals surface area contributed by atoms with Crippen LogP contribution in [0, 0.1) is 0 Å². The van der Waals surface area contributed by atoms with Crippen LogP contribution in [0.5, 0.6) is 0 Å². The molecule has 0 bridgehead atoms. The summed E-state index contributed by atoms with van der Waals surface area (Å²) < 4.78 is 0. The third-order valence-electron chi connectivity index (χ3n) is 4.62. The first-order valence-corrected chi connectivity index (χ1v) is 8.25. The van der Waals surface area contributed by atoms with E-state index in [0.29, 0.717) is 0 Å². The number of rotatable bonds is 9. The topological polar surface area (TPSA) is 35.5 Å². The Morgan fingerprint density at radius 3 is 2.42 bits per heavy atom. The summed E-state index contributed by atoms with van der Waals surface area (Å²) in [6.45, 7) is 10.0. The van der Waals surface area contributed by atoms with Gasteiger partial charge in [-0.15, -0.1) is 0 Å². The number of likely N-dealkylation sites (N-methyl/N-ethyl adjacent to an activating group) is 1. The average molecular weight is 270 g/mol. The fourth-order valence-electron chi connectivity index (χ4n) is 3.37. The summed E-state index contributed by atoms with van der Waals surface area (Å²) in [5.74, 6) is 0. The van der Waals surface area contributed by atoms with Gasteiger partial charge in [0.15, 0.2) is 0 Å². The zero-order chi connectivity index (χ0) is 14.1. The molecule has 0 radical (unpaired) electrons. The first-order chi connectivity index (χ1) is 9.15. The van der Waals surface area contributed by atoms with E-state index in [1.54, 1.807) is 0 Å². The highest BCUT2D eigenvalue weighted by Gasteiger charge is 2.23. The van der Waals surface area contributed by atoms with Gasteiger partial charge in [0.25, 0.3) is 0 Å². The fourth-order valence-corrected chi connectivity index (χ4v) is 3.37. The zero-order valence-electron chi connectivity index (χ0n) is 13.2. The highest BCUT2D eigenvalue weighted by atomic mass is 16.3. The quantitative estimate of drug-likeness (QED) is 0.676. The molecule has 1 atom stereocenters. The zero-order valence-corrected chi connectivity index (χ0v) is 13.2. The maximum absolute atomic E-state index is 9.51. The van der Waals surface area contributed by atoms with Crippen molar-refractivity contribution in [3.8, 4) is 0 Å². The second-order valence-electron chi connectivity index (χ2n) is 6.27. The largest absolute Gasteiger partial charge is 0.394 e. The molecule has 3 nitrogen and oxygen atoms in total. The van der Waals surface area contributed by atoms with Crippen LogP contribution < -0.4 is 5.32 Å². The Hall–Kier alpha value is -0.120. The minimum atomic E-state index is -0.0965. The van der Waals surface area contributed by atoms with E-state index < -0.39 is 0 Å². The summed E-state index contributed by atoms with van der Waals surface area (Å²) in [7, 11) is 0. The Bertz CT molecular complexity index is 229. The summed E-state index contributed by atoms with van der Waals surface area (Å²) in [6.07, 6.45) is 9.25. The number of hydrogen-bond acceptors (Lipinski definition) is 3.